The van der Waals surface area contributed by atoms with Gasteiger partial charge >= 0.3 is 0 Å². The molecule has 3 aliphatic heterocycles. The van der Waals surface area contributed by atoms with Gasteiger partial charge in [-0.2, -0.15) is 0 Å². The summed E-state index contributed by atoms with van der Waals surface area (Å²) in [6.07, 6.45) is 67.8. The van der Waals surface area contributed by atoms with Crippen LogP contribution in [0.4, 0.5) is 0 Å². The summed E-state index contributed by atoms with van der Waals surface area (Å²) < 4.78 is 34.6. The average molecular weight is 1540 g/mol. The number of aliphatic hydroxyl groups excluding tert-OH is 11. The molecule has 0 radical (unpaired) electrons. The fourth-order valence-electron chi connectivity index (χ4n) is 14.5. The number of carbonyl (C=O) groups is 1. The Balaban J connectivity index is 1.32. The van der Waals surface area contributed by atoms with E-state index in [0.29, 0.717) is 12.8 Å². The van der Waals surface area contributed by atoms with E-state index in [1.165, 1.54) is 199 Å². The third-order valence-electron chi connectivity index (χ3n) is 21.4. The predicted molar refractivity (Wildman–Crippen MR) is 438 cm³/mol. The summed E-state index contributed by atoms with van der Waals surface area (Å²) in [6.45, 7) is 1.73. The van der Waals surface area contributed by atoms with E-state index in [9.17, 15) is 61.0 Å². The summed E-state index contributed by atoms with van der Waals surface area (Å²) in [5, 5.41) is 121. The highest BCUT2D eigenvalue weighted by molar-refractivity contribution is 5.76. The van der Waals surface area contributed by atoms with E-state index in [4.69, 9.17) is 28.4 Å². The van der Waals surface area contributed by atoms with Crippen molar-refractivity contribution in [3.63, 3.8) is 0 Å². The van der Waals surface area contributed by atoms with E-state index in [2.05, 4.69) is 116 Å². The van der Waals surface area contributed by atoms with Gasteiger partial charge in [-0.05, 0) is 77.0 Å². The Bertz CT molecular complexity index is 2340. The molecular formula is C90H159NO18. The van der Waals surface area contributed by atoms with Crippen LogP contribution in [0.3, 0.4) is 0 Å². The van der Waals surface area contributed by atoms with Gasteiger partial charge in [-0.3, -0.25) is 4.79 Å². The van der Waals surface area contributed by atoms with Crippen LogP contribution in [-0.2, 0) is 33.2 Å². The van der Waals surface area contributed by atoms with Gasteiger partial charge in [-0.25, -0.2) is 0 Å². The van der Waals surface area contributed by atoms with Crippen molar-refractivity contribution < 1.29 is 89.4 Å². The second-order valence-corrected chi connectivity index (χ2v) is 31.0. The van der Waals surface area contributed by atoms with Gasteiger partial charge in [-0.1, -0.05) is 349 Å². The van der Waals surface area contributed by atoms with Crippen LogP contribution in [0.5, 0.6) is 0 Å². The molecule has 632 valence electrons. The van der Waals surface area contributed by atoms with Crippen molar-refractivity contribution in [1.29, 1.82) is 0 Å². The molecule has 3 heterocycles. The van der Waals surface area contributed by atoms with Crippen molar-refractivity contribution in [2.75, 3.05) is 26.4 Å². The lowest BCUT2D eigenvalue weighted by molar-refractivity contribution is -0.379. The Kier molecular flexibility index (Phi) is 63.3. The van der Waals surface area contributed by atoms with Crippen molar-refractivity contribution in [3.8, 4) is 0 Å². The molecule has 17 atom stereocenters. The van der Waals surface area contributed by atoms with Crippen LogP contribution in [0.25, 0.3) is 0 Å². The molecule has 3 aliphatic rings. The molecule has 0 aromatic rings. The summed E-state index contributed by atoms with van der Waals surface area (Å²) in [4.78, 5) is 13.5. The molecule has 109 heavy (non-hydrogen) atoms. The molecule has 0 aromatic heterocycles. The molecule has 17 unspecified atom stereocenters. The highest BCUT2D eigenvalue weighted by atomic mass is 16.8. The zero-order valence-electron chi connectivity index (χ0n) is 68.0. The lowest BCUT2D eigenvalue weighted by Gasteiger charge is -2.48. The first-order valence-electron chi connectivity index (χ1n) is 44.0. The molecule has 0 spiro atoms. The zero-order valence-corrected chi connectivity index (χ0v) is 68.0. The Morgan fingerprint density at radius 1 is 0.339 bits per heavy atom. The van der Waals surface area contributed by atoms with Crippen LogP contribution in [0.15, 0.2) is 97.2 Å². The standard InChI is InChI=1S/C90H159NO18/c1-3-5-7-9-11-13-15-17-19-21-23-25-27-29-30-31-32-33-34-35-36-37-38-39-40-41-42-44-46-48-50-52-54-56-58-60-62-64-66-68-78(96)91-73(74(95)67-65-63-61-59-57-55-53-51-49-47-45-43-28-26-24-22-20-18-16-14-12-10-8-6-4-2)72-104-88-84(102)81(99)86(76(70-93)106-88)109-90-85(103)82(100)87(77(71-94)107-90)108-89-83(101)80(98)79(97)75(69-92)105-89/h5,7,11,13,17,19,23,25,29-30,32-33,35-36,38-39,73-77,79-90,92-95,97-103H,3-4,6,8-10,12,14-16,18,20-22,24,26-28,31,34,37,40-72H2,1-2H3,(H,91,96)/b7-5-,13-11-,19-17-,25-23-,30-29-,33-32-,36-35-,39-38-. The van der Waals surface area contributed by atoms with Gasteiger partial charge in [0.2, 0.25) is 5.91 Å². The number of unbranched alkanes of at least 4 members (excludes halogenated alkanes) is 38. The number of rotatable bonds is 70. The van der Waals surface area contributed by atoms with Gasteiger partial charge < -0.3 is 89.9 Å². The number of carbonyl (C=O) groups excluding carboxylic acids is 1. The van der Waals surface area contributed by atoms with Gasteiger partial charge in [0.05, 0.1) is 38.6 Å². The van der Waals surface area contributed by atoms with E-state index in [-0.39, 0.29) is 18.9 Å². The van der Waals surface area contributed by atoms with Crippen molar-refractivity contribution in [2.24, 2.45) is 0 Å². The van der Waals surface area contributed by atoms with Crippen LogP contribution in [0.2, 0.25) is 0 Å². The minimum Gasteiger partial charge on any atom is -0.394 e. The molecule has 0 aliphatic carbocycles. The van der Waals surface area contributed by atoms with Crippen LogP contribution in [0.1, 0.15) is 335 Å². The number of ether oxygens (including phenoxy) is 6. The van der Waals surface area contributed by atoms with Crippen molar-refractivity contribution >= 4 is 5.91 Å². The van der Waals surface area contributed by atoms with E-state index < -0.39 is 124 Å². The monoisotopic (exact) mass is 1540 g/mol. The Morgan fingerprint density at radius 2 is 0.633 bits per heavy atom. The quantitative estimate of drug-likeness (QED) is 0.0199. The minimum atomic E-state index is -1.98. The van der Waals surface area contributed by atoms with Gasteiger partial charge in [0.15, 0.2) is 18.9 Å². The van der Waals surface area contributed by atoms with Gasteiger partial charge in [0, 0.05) is 6.42 Å². The molecule has 1 amide bonds. The van der Waals surface area contributed by atoms with Crippen LogP contribution in [0, 0.1) is 0 Å². The fraction of sp³-hybridized carbons (Fsp3) is 0.811. The molecule has 3 fully saturated rings. The first-order valence-corrected chi connectivity index (χ1v) is 44.0. The molecule has 0 bridgehead atoms. The van der Waals surface area contributed by atoms with Crippen LogP contribution in [-0.4, -0.2) is 193 Å². The second kappa shape index (κ2) is 69.1. The lowest BCUT2D eigenvalue weighted by atomic mass is 9.96. The van der Waals surface area contributed by atoms with E-state index in [0.717, 1.165) is 103 Å². The normalized spacial score (nSPS) is 25.8. The lowest BCUT2D eigenvalue weighted by Crippen LogP contribution is -2.66. The summed E-state index contributed by atoms with van der Waals surface area (Å²) in [5.74, 6) is -0.242. The molecule has 12 N–H and O–H groups in total. The molecular weight excluding hydrogens is 1380 g/mol. The van der Waals surface area contributed by atoms with Crippen LogP contribution >= 0.6 is 0 Å². The highest BCUT2D eigenvalue weighted by Crippen LogP contribution is 2.33. The number of allylic oxidation sites excluding steroid dienone is 16. The number of aliphatic hydroxyl groups is 11. The van der Waals surface area contributed by atoms with E-state index >= 15 is 0 Å². The fourth-order valence-corrected chi connectivity index (χ4v) is 14.5. The summed E-state index contributed by atoms with van der Waals surface area (Å²) in [6, 6.07) is -0.894. The van der Waals surface area contributed by atoms with Crippen molar-refractivity contribution in [3.05, 3.63) is 97.2 Å². The average Bonchev–Trinajstić information content (AvgIpc) is 0.759. The van der Waals surface area contributed by atoms with Gasteiger partial charge in [-0.15, -0.1) is 0 Å². The zero-order chi connectivity index (χ0) is 78.8. The number of hydrogen-bond acceptors (Lipinski definition) is 18. The van der Waals surface area contributed by atoms with Crippen LogP contribution < -0.4 is 5.32 Å². The van der Waals surface area contributed by atoms with E-state index in [1.807, 2.05) is 0 Å². The first kappa shape index (κ1) is 99.9. The number of hydrogen-bond donors (Lipinski definition) is 12. The molecule has 3 rings (SSSR count). The number of amides is 1. The SMILES string of the molecule is CC/C=C\C/C=C\C/C=C\C/C=C\C/C=C\C/C=C\C/C=C\C/C=C\CCCCCCCCCCCCCCCCC(=O)NC(COC1OC(CO)C(OC2OC(CO)C(OC3OC(CO)C(O)C(O)C3O)C(O)C2O)C(O)C1O)C(O)CCCCCCCCCCCCCCCCCCCCCCCCCCC. The third kappa shape index (κ3) is 48.0. The molecule has 19 nitrogen and oxygen atoms in total. The van der Waals surface area contributed by atoms with Gasteiger partial charge in [0.1, 0.15) is 73.2 Å². The minimum absolute atomic E-state index is 0.242. The molecule has 19 heteroatoms. The maximum atomic E-state index is 13.5. The van der Waals surface area contributed by atoms with Crippen molar-refractivity contribution in [2.45, 2.75) is 439 Å². The predicted octanol–water partition coefficient (Wildman–Crippen LogP) is 16.3. The maximum absolute atomic E-state index is 13.5. The van der Waals surface area contributed by atoms with Gasteiger partial charge in [0.25, 0.3) is 0 Å². The molecule has 3 saturated heterocycles. The Morgan fingerprint density at radius 3 is 0.991 bits per heavy atom. The Hall–Kier alpha value is -3.29. The largest absolute Gasteiger partial charge is 0.394 e. The Labute approximate surface area is 660 Å². The highest BCUT2D eigenvalue weighted by Gasteiger charge is 2.54. The van der Waals surface area contributed by atoms with Crippen molar-refractivity contribution in [1.82, 2.24) is 5.32 Å². The molecule has 0 aromatic carbocycles. The molecule has 0 saturated carbocycles. The number of nitrogens with one attached hydrogen (secondary N) is 1. The summed E-state index contributed by atoms with van der Waals surface area (Å²) >= 11 is 0. The maximum Gasteiger partial charge on any atom is 0.220 e. The third-order valence-corrected chi connectivity index (χ3v) is 21.4. The summed E-state index contributed by atoms with van der Waals surface area (Å²) in [5.41, 5.74) is 0. The summed E-state index contributed by atoms with van der Waals surface area (Å²) in [7, 11) is 0. The van der Waals surface area contributed by atoms with E-state index in [1.54, 1.807) is 0 Å². The topological polar surface area (TPSA) is 307 Å². The smallest absolute Gasteiger partial charge is 0.220 e. The first-order chi connectivity index (χ1) is 53.3. The second-order valence-electron chi connectivity index (χ2n) is 31.0.